The summed E-state index contributed by atoms with van der Waals surface area (Å²) >= 11 is 4.75. The molecule has 0 saturated carbocycles. The van der Waals surface area contributed by atoms with Crippen molar-refractivity contribution < 1.29 is 33.3 Å². The third-order valence-electron chi connectivity index (χ3n) is 6.63. The van der Waals surface area contributed by atoms with Crippen LogP contribution in [0.2, 0.25) is 0 Å². The number of methoxy groups -OCH3 is 2. The normalized spacial score (nSPS) is 14.8. The zero-order chi connectivity index (χ0) is 30.1. The maximum atomic E-state index is 13.9. The molecule has 1 aliphatic rings. The molecule has 1 N–H and O–H groups in total. The van der Waals surface area contributed by atoms with Crippen molar-refractivity contribution in [2.75, 3.05) is 20.8 Å². The first-order valence-electron chi connectivity index (χ1n) is 12.7. The lowest BCUT2D eigenvalue weighted by Crippen LogP contribution is -2.40. The highest BCUT2D eigenvalue weighted by Gasteiger charge is 2.35. The van der Waals surface area contributed by atoms with E-state index < -0.39 is 18.0 Å². The second kappa shape index (κ2) is 11.8. The molecule has 4 aromatic rings. The van der Waals surface area contributed by atoms with E-state index in [0.717, 1.165) is 0 Å². The van der Waals surface area contributed by atoms with E-state index >= 15 is 0 Å². The van der Waals surface area contributed by atoms with Crippen molar-refractivity contribution in [1.29, 1.82) is 0 Å². The number of carboxylic acid groups (broad SMARTS) is 1. The molecule has 0 radical (unpaired) electrons. The number of esters is 1. The van der Waals surface area contributed by atoms with Crippen LogP contribution in [0, 0.1) is 0 Å². The minimum absolute atomic E-state index is 0.152. The molecule has 0 unspecified atom stereocenters. The monoisotopic (exact) mass is 652 g/mol. The summed E-state index contributed by atoms with van der Waals surface area (Å²) in [5.41, 5.74) is 1.73. The van der Waals surface area contributed by atoms with Crippen LogP contribution >= 0.6 is 27.3 Å². The van der Waals surface area contributed by atoms with Crippen molar-refractivity contribution in [2.24, 2.45) is 4.99 Å². The number of hydrogen-bond acceptors (Lipinski definition) is 9. The van der Waals surface area contributed by atoms with E-state index in [2.05, 4.69) is 20.9 Å². The second-order valence-corrected chi connectivity index (χ2v) is 11.0. The maximum absolute atomic E-state index is 13.9. The number of fused-ring (bicyclic) bond motifs is 1. The largest absolute Gasteiger partial charge is 0.493 e. The molecular formula is C30H25BrN2O8S. The number of hydrogen-bond donors (Lipinski definition) is 1. The van der Waals surface area contributed by atoms with Crippen LogP contribution in [0.3, 0.4) is 0 Å². The topological polar surface area (TPSA) is 130 Å². The third-order valence-corrected chi connectivity index (χ3v) is 8.30. The van der Waals surface area contributed by atoms with Crippen LogP contribution in [0.15, 0.2) is 78.5 Å². The SMILES string of the molecule is CCOC(=O)C1=C(C)N=c2s/c(=C\c3ccc(-c4ccc(C(=O)O)cc4)o3)c(=O)n2[C@@H]1c1cc(OC)c(OC)cc1Br. The number of benzene rings is 2. The van der Waals surface area contributed by atoms with Crippen LogP contribution in [0.4, 0.5) is 0 Å². The van der Waals surface area contributed by atoms with Gasteiger partial charge in [0.2, 0.25) is 0 Å². The molecule has 42 heavy (non-hydrogen) atoms. The van der Waals surface area contributed by atoms with Gasteiger partial charge in [-0.3, -0.25) is 9.36 Å². The summed E-state index contributed by atoms with van der Waals surface area (Å²) in [6.07, 6.45) is 1.61. The summed E-state index contributed by atoms with van der Waals surface area (Å²) in [4.78, 5) is 43.3. The van der Waals surface area contributed by atoms with E-state index in [0.29, 0.717) is 53.6 Å². The molecule has 3 heterocycles. The van der Waals surface area contributed by atoms with Gasteiger partial charge in [0, 0.05) is 16.1 Å². The van der Waals surface area contributed by atoms with Crippen molar-refractivity contribution in [3.63, 3.8) is 0 Å². The molecule has 12 heteroatoms. The van der Waals surface area contributed by atoms with E-state index in [-0.39, 0.29) is 23.3 Å². The van der Waals surface area contributed by atoms with E-state index in [4.69, 9.17) is 23.7 Å². The summed E-state index contributed by atoms with van der Waals surface area (Å²) in [5.74, 6) is 0.239. The van der Waals surface area contributed by atoms with Crippen LogP contribution in [0.1, 0.15) is 41.6 Å². The Morgan fingerprint density at radius 3 is 2.45 bits per heavy atom. The van der Waals surface area contributed by atoms with E-state index in [1.54, 1.807) is 56.3 Å². The van der Waals surface area contributed by atoms with Crippen molar-refractivity contribution >= 4 is 45.3 Å². The van der Waals surface area contributed by atoms with Gasteiger partial charge >= 0.3 is 11.9 Å². The molecule has 0 amide bonds. The molecule has 1 aliphatic heterocycles. The first-order valence-corrected chi connectivity index (χ1v) is 14.3. The quantitative estimate of drug-likeness (QED) is 0.275. The van der Waals surface area contributed by atoms with Crippen LogP contribution in [-0.4, -0.2) is 42.4 Å². The second-order valence-electron chi connectivity index (χ2n) is 9.12. The molecule has 5 rings (SSSR count). The standard InChI is InChI=1S/C30H25BrN2O8S/c1-5-40-29(37)25-15(2)32-30-33(26(25)19-13-22(38-3)23(39-4)14-20(19)31)27(34)24(42-30)12-18-10-11-21(41-18)16-6-8-17(9-7-16)28(35)36/h6-14,26H,5H2,1-4H3,(H,35,36)/b24-12-/t26-/m1/s1. The zero-order valence-corrected chi connectivity index (χ0v) is 25.4. The molecule has 216 valence electrons. The highest BCUT2D eigenvalue weighted by atomic mass is 79.9. The van der Waals surface area contributed by atoms with Crippen LogP contribution in [-0.2, 0) is 9.53 Å². The lowest BCUT2D eigenvalue weighted by Gasteiger charge is -2.26. The van der Waals surface area contributed by atoms with Gasteiger partial charge in [-0.15, -0.1) is 0 Å². The lowest BCUT2D eigenvalue weighted by molar-refractivity contribution is -0.139. The number of aromatic nitrogens is 1. The van der Waals surface area contributed by atoms with Gasteiger partial charge in [0.05, 0.1) is 48.2 Å². The average molecular weight is 654 g/mol. The third kappa shape index (κ3) is 5.30. The van der Waals surface area contributed by atoms with E-state index in [1.165, 1.54) is 42.3 Å². The Morgan fingerprint density at radius 1 is 1.12 bits per heavy atom. The molecule has 2 aromatic heterocycles. The van der Waals surface area contributed by atoms with Gasteiger partial charge < -0.3 is 23.7 Å². The number of carbonyl (C=O) groups excluding carboxylic acids is 1. The number of thiazole rings is 1. The molecular weight excluding hydrogens is 628 g/mol. The van der Waals surface area contributed by atoms with Gasteiger partial charge in [0.15, 0.2) is 16.3 Å². The number of carboxylic acids is 1. The Balaban J connectivity index is 1.65. The highest BCUT2D eigenvalue weighted by Crippen LogP contribution is 2.40. The predicted octanol–water partition coefficient (Wildman–Crippen LogP) is 4.54. The number of furan rings is 1. The lowest BCUT2D eigenvalue weighted by atomic mass is 9.95. The average Bonchev–Trinajstić information content (AvgIpc) is 3.56. The van der Waals surface area contributed by atoms with Crippen LogP contribution in [0.25, 0.3) is 17.4 Å². The Morgan fingerprint density at radius 2 is 1.81 bits per heavy atom. The summed E-state index contributed by atoms with van der Waals surface area (Å²) in [6, 6.07) is 12.3. The fraction of sp³-hybridized carbons (Fsp3) is 0.200. The first-order chi connectivity index (χ1) is 20.2. The number of rotatable bonds is 8. The van der Waals surface area contributed by atoms with Crippen molar-refractivity contribution in [3.05, 3.63) is 101 Å². The molecule has 2 aromatic carbocycles. The Labute approximate surface area is 251 Å². The number of halogens is 1. The van der Waals surface area contributed by atoms with Gasteiger partial charge in [-0.25, -0.2) is 14.6 Å². The number of nitrogens with zero attached hydrogens (tertiary/aromatic N) is 2. The molecule has 0 spiro atoms. The van der Waals surface area contributed by atoms with Crippen LogP contribution < -0.4 is 24.4 Å². The molecule has 10 nitrogen and oxygen atoms in total. The van der Waals surface area contributed by atoms with Gasteiger partial charge in [-0.05, 0) is 55.8 Å². The summed E-state index contributed by atoms with van der Waals surface area (Å²) in [7, 11) is 3.03. The Kier molecular flexibility index (Phi) is 8.19. The summed E-state index contributed by atoms with van der Waals surface area (Å²) in [6.45, 7) is 3.57. The Hall–Kier alpha value is -4.42. The van der Waals surface area contributed by atoms with E-state index in [1.807, 2.05) is 0 Å². The smallest absolute Gasteiger partial charge is 0.338 e. The number of carbonyl (C=O) groups is 2. The molecule has 0 aliphatic carbocycles. The Bertz CT molecular complexity index is 1920. The predicted molar refractivity (Wildman–Crippen MR) is 159 cm³/mol. The minimum Gasteiger partial charge on any atom is -0.493 e. The first kappa shape index (κ1) is 29.1. The van der Waals surface area contributed by atoms with Crippen molar-refractivity contribution in [3.8, 4) is 22.8 Å². The molecule has 0 saturated heterocycles. The number of allylic oxidation sites excluding steroid dienone is 1. The number of ether oxygens (including phenoxy) is 3. The van der Waals surface area contributed by atoms with Crippen LogP contribution in [0.5, 0.6) is 11.5 Å². The minimum atomic E-state index is -1.02. The molecule has 0 bridgehead atoms. The molecule has 1 atom stereocenters. The molecule has 0 fully saturated rings. The number of aromatic carboxylic acids is 1. The van der Waals surface area contributed by atoms with Gasteiger partial charge in [-0.2, -0.15) is 0 Å². The zero-order valence-electron chi connectivity index (χ0n) is 23.0. The van der Waals surface area contributed by atoms with Gasteiger partial charge in [-0.1, -0.05) is 39.4 Å². The van der Waals surface area contributed by atoms with Gasteiger partial charge in [0.25, 0.3) is 5.56 Å². The van der Waals surface area contributed by atoms with Crippen molar-refractivity contribution in [2.45, 2.75) is 19.9 Å². The summed E-state index contributed by atoms with van der Waals surface area (Å²) in [5, 5.41) is 9.15. The highest BCUT2D eigenvalue weighted by molar-refractivity contribution is 9.10. The fourth-order valence-electron chi connectivity index (χ4n) is 4.66. The van der Waals surface area contributed by atoms with E-state index in [9.17, 15) is 14.4 Å². The van der Waals surface area contributed by atoms with Gasteiger partial charge in [0.1, 0.15) is 11.5 Å². The maximum Gasteiger partial charge on any atom is 0.338 e. The summed E-state index contributed by atoms with van der Waals surface area (Å²) < 4.78 is 24.7. The fourth-order valence-corrected chi connectivity index (χ4v) is 6.22. The van der Waals surface area contributed by atoms with Crippen molar-refractivity contribution in [1.82, 2.24) is 4.57 Å².